The van der Waals surface area contributed by atoms with Crippen molar-refractivity contribution in [1.82, 2.24) is 24.6 Å². The number of aliphatic carboxylic acids is 1. The second-order valence-electron chi connectivity index (χ2n) is 7.98. The number of carboxylic acid groups (broad SMARTS) is 1. The highest BCUT2D eigenvalue weighted by atomic mass is 19.4. The first-order valence-corrected chi connectivity index (χ1v) is 10.3. The number of rotatable bonds is 4. The van der Waals surface area contributed by atoms with Gasteiger partial charge in [-0.25, -0.2) is 14.8 Å². The summed E-state index contributed by atoms with van der Waals surface area (Å²) in [7, 11) is 3.63. The van der Waals surface area contributed by atoms with Gasteiger partial charge in [-0.15, -0.1) is 0 Å². The van der Waals surface area contributed by atoms with Crippen molar-refractivity contribution in [3.8, 4) is 5.88 Å². The lowest BCUT2D eigenvalue weighted by Gasteiger charge is -2.45. The minimum atomic E-state index is -5.08. The van der Waals surface area contributed by atoms with E-state index in [0.29, 0.717) is 11.4 Å². The number of carboxylic acids is 1. The first kappa shape index (κ1) is 23.8. The average molecular weight is 456 g/mol. The van der Waals surface area contributed by atoms with Gasteiger partial charge in [0, 0.05) is 50.0 Å². The van der Waals surface area contributed by atoms with E-state index >= 15 is 0 Å². The summed E-state index contributed by atoms with van der Waals surface area (Å²) >= 11 is 0. The standard InChI is InChI=1S/C18H26N6O.C2HF3O2/c1-22-12-15(11-21-22)13-24-7-3-4-18(24)5-8-23(9-6-18)16-10-17(25-2)20-14-19-16;3-2(4,5)1(6)7/h10-12,14H,3-9,13H2,1-2H3;(H,6,7). The number of alkyl halides is 3. The van der Waals surface area contributed by atoms with Gasteiger partial charge in [-0.1, -0.05) is 0 Å². The number of nitrogens with zero attached hydrogens (tertiary/aromatic N) is 6. The predicted molar refractivity (Wildman–Crippen MR) is 109 cm³/mol. The summed E-state index contributed by atoms with van der Waals surface area (Å²) in [5.41, 5.74) is 1.65. The third-order valence-corrected chi connectivity index (χ3v) is 5.97. The highest BCUT2D eigenvalue weighted by Crippen LogP contribution is 2.40. The van der Waals surface area contributed by atoms with Crippen LogP contribution in [0.3, 0.4) is 0 Å². The van der Waals surface area contributed by atoms with Crippen LogP contribution in [-0.2, 0) is 18.4 Å². The van der Waals surface area contributed by atoms with Gasteiger partial charge < -0.3 is 14.7 Å². The summed E-state index contributed by atoms with van der Waals surface area (Å²) in [6.07, 6.45) is 5.58. The number of anilines is 1. The van der Waals surface area contributed by atoms with Crippen molar-refractivity contribution < 1.29 is 27.8 Å². The molecule has 1 N–H and O–H groups in total. The third-order valence-electron chi connectivity index (χ3n) is 5.97. The number of halogens is 3. The lowest BCUT2D eigenvalue weighted by Crippen LogP contribution is -2.52. The van der Waals surface area contributed by atoms with Crippen LogP contribution in [0.5, 0.6) is 5.88 Å². The van der Waals surface area contributed by atoms with Crippen LogP contribution in [-0.4, -0.2) is 74.2 Å². The minimum absolute atomic E-state index is 0.337. The van der Waals surface area contributed by atoms with Crippen molar-refractivity contribution in [1.29, 1.82) is 0 Å². The van der Waals surface area contributed by atoms with Crippen molar-refractivity contribution >= 4 is 11.8 Å². The maximum Gasteiger partial charge on any atom is 0.490 e. The van der Waals surface area contributed by atoms with Crippen molar-refractivity contribution in [3.05, 3.63) is 30.4 Å². The molecular weight excluding hydrogens is 429 g/mol. The fourth-order valence-corrected chi connectivity index (χ4v) is 4.35. The Hall–Kier alpha value is -2.89. The molecule has 2 aromatic rings. The van der Waals surface area contributed by atoms with E-state index < -0.39 is 12.1 Å². The van der Waals surface area contributed by atoms with Gasteiger partial charge in [0.25, 0.3) is 0 Å². The van der Waals surface area contributed by atoms with Gasteiger partial charge in [-0.05, 0) is 32.2 Å². The van der Waals surface area contributed by atoms with Gasteiger partial charge >= 0.3 is 12.1 Å². The Morgan fingerprint density at radius 3 is 2.47 bits per heavy atom. The van der Waals surface area contributed by atoms with Crippen molar-refractivity contribution in [2.45, 2.75) is 43.9 Å². The van der Waals surface area contributed by atoms with E-state index in [1.807, 2.05) is 24.0 Å². The van der Waals surface area contributed by atoms with Gasteiger partial charge in [0.1, 0.15) is 12.1 Å². The molecule has 0 amide bonds. The molecule has 0 aliphatic carbocycles. The number of carbonyl (C=O) groups is 1. The van der Waals surface area contributed by atoms with Crippen LogP contribution < -0.4 is 9.64 Å². The van der Waals surface area contributed by atoms with Crippen LogP contribution in [0.1, 0.15) is 31.2 Å². The second kappa shape index (κ2) is 9.72. The Labute approximate surface area is 183 Å². The molecule has 0 aromatic carbocycles. The molecule has 176 valence electrons. The summed E-state index contributed by atoms with van der Waals surface area (Å²) in [4.78, 5) is 22.5. The molecule has 4 rings (SSSR count). The van der Waals surface area contributed by atoms with E-state index in [9.17, 15) is 13.2 Å². The van der Waals surface area contributed by atoms with E-state index in [1.54, 1.807) is 13.4 Å². The van der Waals surface area contributed by atoms with Crippen LogP contribution in [0, 0.1) is 0 Å². The first-order chi connectivity index (χ1) is 15.1. The molecule has 2 saturated heterocycles. The largest absolute Gasteiger partial charge is 0.490 e. The summed E-state index contributed by atoms with van der Waals surface area (Å²) in [6.45, 7) is 4.26. The zero-order valence-electron chi connectivity index (χ0n) is 18.0. The normalized spacial score (nSPS) is 18.3. The van der Waals surface area contributed by atoms with E-state index in [4.69, 9.17) is 14.6 Å². The Kier molecular flexibility index (Phi) is 7.22. The molecular formula is C20H27F3N6O3. The van der Waals surface area contributed by atoms with E-state index in [0.717, 1.165) is 25.5 Å². The van der Waals surface area contributed by atoms with Crippen LogP contribution in [0.25, 0.3) is 0 Å². The summed E-state index contributed by atoms with van der Waals surface area (Å²) in [5, 5.41) is 11.4. The number of hydrogen-bond acceptors (Lipinski definition) is 7. The smallest absolute Gasteiger partial charge is 0.481 e. The quantitative estimate of drug-likeness (QED) is 0.750. The molecule has 0 radical (unpaired) electrons. The molecule has 0 unspecified atom stereocenters. The fraction of sp³-hybridized carbons (Fsp3) is 0.600. The Morgan fingerprint density at radius 1 is 1.22 bits per heavy atom. The SMILES string of the molecule is COc1cc(N2CCC3(CCCN3Cc3cnn(C)c3)CC2)ncn1.O=C(O)C(F)(F)F. The molecule has 12 heteroatoms. The molecule has 0 bridgehead atoms. The van der Waals surface area contributed by atoms with E-state index in [1.165, 1.54) is 37.8 Å². The summed E-state index contributed by atoms with van der Waals surface area (Å²) < 4.78 is 38.9. The number of aromatic nitrogens is 4. The molecule has 2 aliphatic heterocycles. The lowest BCUT2D eigenvalue weighted by molar-refractivity contribution is -0.192. The molecule has 32 heavy (non-hydrogen) atoms. The Balaban J connectivity index is 0.000000360. The van der Waals surface area contributed by atoms with Crippen molar-refractivity contribution in [3.63, 3.8) is 0 Å². The van der Waals surface area contributed by atoms with Gasteiger partial charge in [0.2, 0.25) is 5.88 Å². The zero-order valence-corrected chi connectivity index (χ0v) is 18.0. The monoisotopic (exact) mass is 456 g/mol. The summed E-state index contributed by atoms with van der Waals surface area (Å²) in [5.74, 6) is -1.16. The maximum atomic E-state index is 10.6. The number of methoxy groups -OCH3 is 1. The third kappa shape index (κ3) is 5.67. The number of ether oxygens (including phenoxy) is 1. The number of likely N-dealkylation sites (tertiary alicyclic amines) is 1. The van der Waals surface area contributed by atoms with Crippen LogP contribution in [0.15, 0.2) is 24.8 Å². The topological polar surface area (TPSA) is 96.6 Å². The number of hydrogen-bond donors (Lipinski definition) is 1. The van der Waals surface area contributed by atoms with Crippen molar-refractivity contribution in [2.75, 3.05) is 31.6 Å². The van der Waals surface area contributed by atoms with Gasteiger partial charge in [0.15, 0.2) is 0 Å². The molecule has 2 fully saturated rings. The molecule has 2 aromatic heterocycles. The van der Waals surface area contributed by atoms with Gasteiger partial charge in [-0.3, -0.25) is 9.58 Å². The van der Waals surface area contributed by atoms with Gasteiger partial charge in [-0.2, -0.15) is 18.3 Å². The van der Waals surface area contributed by atoms with E-state index in [2.05, 4.69) is 31.1 Å². The molecule has 0 saturated carbocycles. The van der Waals surface area contributed by atoms with Crippen molar-refractivity contribution in [2.24, 2.45) is 7.05 Å². The Morgan fingerprint density at radius 2 is 1.91 bits per heavy atom. The van der Waals surface area contributed by atoms with Crippen LogP contribution in [0.2, 0.25) is 0 Å². The highest BCUT2D eigenvalue weighted by Gasteiger charge is 2.43. The second-order valence-corrected chi connectivity index (χ2v) is 7.98. The summed E-state index contributed by atoms with van der Waals surface area (Å²) in [6, 6.07) is 1.93. The molecule has 2 aliphatic rings. The Bertz CT molecular complexity index is 912. The predicted octanol–water partition coefficient (Wildman–Crippen LogP) is 2.49. The molecule has 0 atom stereocenters. The van der Waals surface area contributed by atoms with Crippen LogP contribution in [0.4, 0.5) is 19.0 Å². The highest BCUT2D eigenvalue weighted by molar-refractivity contribution is 5.73. The fourth-order valence-electron chi connectivity index (χ4n) is 4.35. The van der Waals surface area contributed by atoms with Gasteiger partial charge in [0.05, 0.1) is 13.3 Å². The minimum Gasteiger partial charge on any atom is -0.481 e. The molecule has 1 spiro atoms. The molecule has 4 heterocycles. The first-order valence-electron chi connectivity index (χ1n) is 10.3. The number of piperidine rings is 1. The number of aryl methyl sites for hydroxylation is 1. The van der Waals surface area contributed by atoms with E-state index in [-0.39, 0.29) is 0 Å². The molecule has 9 nitrogen and oxygen atoms in total. The maximum absolute atomic E-state index is 10.6. The lowest BCUT2D eigenvalue weighted by atomic mass is 9.84. The zero-order chi connectivity index (χ0) is 23.4. The van der Waals surface area contributed by atoms with Crippen LogP contribution >= 0.6 is 0 Å². The average Bonchev–Trinajstić information content (AvgIpc) is 3.34.